The minimum absolute atomic E-state index is 0.708. The van der Waals surface area contributed by atoms with Crippen LogP contribution < -0.4 is 11.1 Å². The first-order valence-electron chi connectivity index (χ1n) is 4.76. The summed E-state index contributed by atoms with van der Waals surface area (Å²) in [5, 5.41) is 11.1. The molecule has 2 rings (SSSR count). The zero-order valence-electron chi connectivity index (χ0n) is 9.03. The number of nitrogens with one attached hydrogen (secondary N) is 1. The van der Waals surface area contributed by atoms with E-state index in [0.29, 0.717) is 5.69 Å². The monoisotopic (exact) mass is 281 g/mol. The molecular weight excluding hydrogens is 270 g/mol. The summed E-state index contributed by atoms with van der Waals surface area (Å²) in [6, 6.07) is 5.69. The van der Waals surface area contributed by atoms with Crippen LogP contribution in [0.4, 0.5) is 11.6 Å². The second kappa shape index (κ2) is 4.13. The molecule has 84 valence electrons. The maximum Gasteiger partial charge on any atom is 0.224 e. The van der Waals surface area contributed by atoms with Crippen molar-refractivity contribution in [2.24, 2.45) is 7.05 Å². The van der Waals surface area contributed by atoms with Gasteiger partial charge in [0.2, 0.25) is 5.95 Å². The number of rotatable bonds is 2. The van der Waals surface area contributed by atoms with Gasteiger partial charge in [0.05, 0.1) is 0 Å². The Balaban J connectivity index is 2.50. The van der Waals surface area contributed by atoms with Crippen molar-refractivity contribution in [2.45, 2.75) is 0 Å². The molecule has 5 nitrogen and oxygen atoms in total. The van der Waals surface area contributed by atoms with E-state index in [1.165, 1.54) is 0 Å². The van der Waals surface area contributed by atoms with E-state index >= 15 is 0 Å². The number of aromatic nitrogens is 3. The van der Waals surface area contributed by atoms with Gasteiger partial charge in [0.15, 0.2) is 5.82 Å². The van der Waals surface area contributed by atoms with Crippen LogP contribution in [0.5, 0.6) is 0 Å². The normalized spacial score (nSPS) is 10.4. The molecule has 0 amide bonds. The third-order valence-electron chi connectivity index (χ3n) is 2.36. The topological polar surface area (TPSA) is 68.8 Å². The van der Waals surface area contributed by atoms with Crippen LogP contribution in [-0.2, 0) is 7.05 Å². The minimum Gasteiger partial charge on any atom is -0.398 e. The van der Waals surface area contributed by atoms with Crippen LogP contribution in [0.1, 0.15) is 0 Å². The SMILES string of the molecule is CNc1nnc(-c2ccc(N)c(Br)c2)n1C. The second-order valence-corrected chi connectivity index (χ2v) is 4.25. The number of nitrogens with two attached hydrogens (primary N) is 1. The molecule has 1 aromatic carbocycles. The molecule has 0 spiro atoms. The van der Waals surface area contributed by atoms with E-state index in [0.717, 1.165) is 21.8 Å². The second-order valence-electron chi connectivity index (χ2n) is 3.39. The number of hydrogen-bond donors (Lipinski definition) is 2. The summed E-state index contributed by atoms with van der Waals surface area (Å²) in [5.74, 6) is 1.52. The molecule has 0 saturated carbocycles. The zero-order valence-corrected chi connectivity index (χ0v) is 10.6. The molecule has 3 N–H and O–H groups in total. The first kappa shape index (κ1) is 10.9. The highest BCUT2D eigenvalue weighted by atomic mass is 79.9. The number of anilines is 2. The molecule has 0 aliphatic carbocycles. The van der Waals surface area contributed by atoms with Gasteiger partial charge in [-0.05, 0) is 34.1 Å². The Kier molecular flexibility index (Phi) is 2.82. The van der Waals surface area contributed by atoms with Gasteiger partial charge in [-0.3, -0.25) is 4.57 Å². The van der Waals surface area contributed by atoms with Crippen molar-refractivity contribution in [1.82, 2.24) is 14.8 Å². The van der Waals surface area contributed by atoms with Crippen LogP contribution in [0, 0.1) is 0 Å². The highest BCUT2D eigenvalue weighted by Crippen LogP contribution is 2.26. The van der Waals surface area contributed by atoms with Crippen LogP contribution >= 0.6 is 15.9 Å². The number of nitrogen functional groups attached to an aromatic ring is 1. The summed E-state index contributed by atoms with van der Waals surface area (Å²) < 4.78 is 2.75. The molecule has 0 unspecified atom stereocenters. The molecule has 0 fully saturated rings. The van der Waals surface area contributed by atoms with E-state index in [1.54, 1.807) is 0 Å². The van der Waals surface area contributed by atoms with Gasteiger partial charge in [-0.2, -0.15) is 0 Å². The number of nitrogens with zero attached hydrogens (tertiary/aromatic N) is 3. The van der Waals surface area contributed by atoms with Gasteiger partial charge in [0, 0.05) is 29.8 Å². The van der Waals surface area contributed by atoms with E-state index in [2.05, 4.69) is 31.4 Å². The Labute approximate surface area is 102 Å². The maximum atomic E-state index is 5.73. The molecule has 0 saturated heterocycles. The fraction of sp³-hybridized carbons (Fsp3) is 0.200. The van der Waals surface area contributed by atoms with Crippen LogP contribution in [-0.4, -0.2) is 21.8 Å². The largest absolute Gasteiger partial charge is 0.398 e. The van der Waals surface area contributed by atoms with Gasteiger partial charge in [-0.15, -0.1) is 10.2 Å². The predicted octanol–water partition coefficient (Wildman–Crippen LogP) is 1.87. The smallest absolute Gasteiger partial charge is 0.224 e. The summed E-state index contributed by atoms with van der Waals surface area (Å²) in [6.45, 7) is 0. The Hall–Kier alpha value is -1.56. The van der Waals surface area contributed by atoms with Crippen LogP contribution in [0.2, 0.25) is 0 Å². The fourth-order valence-electron chi connectivity index (χ4n) is 1.46. The van der Waals surface area contributed by atoms with Crippen LogP contribution in [0.15, 0.2) is 22.7 Å². The third-order valence-corrected chi connectivity index (χ3v) is 3.04. The Bertz CT molecular complexity index is 520. The molecule has 1 heterocycles. The average Bonchev–Trinajstić information content (AvgIpc) is 2.64. The van der Waals surface area contributed by atoms with Crippen molar-refractivity contribution in [3.8, 4) is 11.4 Å². The molecule has 16 heavy (non-hydrogen) atoms. The number of halogens is 1. The Morgan fingerprint density at radius 1 is 1.38 bits per heavy atom. The molecule has 1 aromatic heterocycles. The van der Waals surface area contributed by atoms with Gasteiger partial charge in [-0.1, -0.05) is 0 Å². The molecular formula is C10H12BrN5. The van der Waals surface area contributed by atoms with Gasteiger partial charge in [0.1, 0.15) is 0 Å². The van der Waals surface area contributed by atoms with Crippen LogP contribution in [0.3, 0.4) is 0 Å². The van der Waals surface area contributed by atoms with Crippen molar-refractivity contribution in [2.75, 3.05) is 18.1 Å². The number of hydrogen-bond acceptors (Lipinski definition) is 4. The molecule has 2 aromatic rings. The summed E-state index contributed by atoms with van der Waals surface area (Å²) in [4.78, 5) is 0. The molecule has 0 bridgehead atoms. The minimum atomic E-state index is 0.708. The van der Waals surface area contributed by atoms with Gasteiger partial charge in [-0.25, -0.2) is 0 Å². The summed E-state index contributed by atoms with van der Waals surface area (Å²) in [5.41, 5.74) is 7.41. The first-order valence-corrected chi connectivity index (χ1v) is 5.55. The van der Waals surface area contributed by atoms with Crippen LogP contribution in [0.25, 0.3) is 11.4 Å². The molecule has 6 heteroatoms. The lowest BCUT2D eigenvalue weighted by molar-refractivity contribution is 0.925. The Morgan fingerprint density at radius 3 is 2.69 bits per heavy atom. The Morgan fingerprint density at radius 2 is 2.12 bits per heavy atom. The van der Waals surface area contributed by atoms with Crippen molar-refractivity contribution in [3.63, 3.8) is 0 Å². The maximum absolute atomic E-state index is 5.73. The molecule has 0 atom stereocenters. The van der Waals surface area contributed by atoms with Gasteiger partial charge >= 0.3 is 0 Å². The summed E-state index contributed by atoms with van der Waals surface area (Å²) in [7, 11) is 3.72. The lowest BCUT2D eigenvalue weighted by Gasteiger charge is -2.04. The third kappa shape index (κ3) is 1.76. The number of benzene rings is 1. The van der Waals surface area contributed by atoms with E-state index in [-0.39, 0.29) is 0 Å². The lowest BCUT2D eigenvalue weighted by atomic mass is 10.2. The van der Waals surface area contributed by atoms with Gasteiger partial charge < -0.3 is 11.1 Å². The summed E-state index contributed by atoms with van der Waals surface area (Å²) in [6.07, 6.45) is 0. The highest BCUT2D eigenvalue weighted by molar-refractivity contribution is 9.10. The van der Waals surface area contributed by atoms with Crippen molar-refractivity contribution in [3.05, 3.63) is 22.7 Å². The predicted molar refractivity (Wildman–Crippen MR) is 68.1 cm³/mol. The van der Waals surface area contributed by atoms with E-state index in [4.69, 9.17) is 5.73 Å². The molecule has 0 aliphatic heterocycles. The first-order chi connectivity index (χ1) is 7.63. The lowest BCUT2D eigenvalue weighted by Crippen LogP contribution is -1.99. The van der Waals surface area contributed by atoms with E-state index in [9.17, 15) is 0 Å². The standard InChI is InChI=1S/C10H12BrN5/c1-13-10-15-14-9(16(10)2)6-3-4-8(12)7(11)5-6/h3-5H,12H2,1-2H3,(H,13,15). The highest BCUT2D eigenvalue weighted by Gasteiger charge is 2.10. The zero-order chi connectivity index (χ0) is 11.7. The van der Waals surface area contributed by atoms with Gasteiger partial charge in [0.25, 0.3) is 0 Å². The molecule has 0 aliphatic rings. The van der Waals surface area contributed by atoms with Crippen molar-refractivity contribution < 1.29 is 0 Å². The fourth-order valence-corrected chi connectivity index (χ4v) is 1.84. The summed E-state index contributed by atoms with van der Waals surface area (Å²) >= 11 is 3.39. The quantitative estimate of drug-likeness (QED) is 0.825. The van der Waals surface area contributed by atoms with E-state index < -0.39 is 0 Å². The average molecular weight is 282 g/mol. The molecule has 0 radical (unpaired) electrons. The van der Waals surface area contributed by atoms with Crippen molar-refractivity contribution >= 4 is 27.6 Å². The van der Waals surface area contributed by atoms with E-state index in [1.807, 2.05) is 36.9 Å². The van der Waals surface area contributed by atoms with Crippen molar-refractivity contribution in [1.29, 1.82) is 0 Å².